The molecule has 4 aromatic rings. The molecule has 0 aliphatic carbocycles. The Morgan fingerprint density at radius 2 is 1.61 bits per heavy atom. The number of nitrogens with zero attached hydrogens (tertiary/aromatic N) is 2. The summed E-state index contributed by atoms with van der Waals surface area (Å²) in [5, 5.41) is 12.8. The molecule has 0 aliphatic heterocycles. The highest BCUT2D eigenvalue weighted by Gasteiger charge is 2.31. The number of alkyl halides is 3. The maximum Gasteiger partial charge on any atom is 0.416 e. The molecule has 234 valence electrons. The SMILES string of the molecule is CCN(CC)C(=O)C(C)Oc1cccc2ccccc12.CCOc1cc(Oc2ccc(C(F)(F)F)cc2Cl)ccc1[N+](=O)[O-]. The van der Waals surface area contributed by atoms with Crippen molar-refractivity contribution >= 4 is 34.0 Å². The molecule has 0 bridgehead atoms. The maximum atomic E-state index is 12.6. The highest BCUT2D eigenvalue weighted by atomic mass is 35.5. The first-order chi connectivity index (χ1) is 20.9. The molecule has 44 heavy (non-hydrogen) atoms. The Balaban J connectivity index is 0.000000244. The molecule has 4 rings (SSSR count). The van der Waals surface area contributed by atoms with E-state index < -0.39 is 22.8 Å². The van der Waals surface area contributed by atoms with Gasteiger partial charge in [0.15, 0.2) is 6.10 Å². The zero-order valence-corrected chi connectivity index (χ0v) is 25.3. The third-order valence-electron chi connectivity index (χ3n) is 6.39. The first kappa shape index (κ1) is 34.0. The second-order valence-corrected chi connectivity index (χ2v) is 9.72. The predicted molar refractivity (Wildman–Crippen MR) is 163 cm³/mol. The zero-order chi connectivity index (χ0) is 32.4. The van der Waals surface area contributed by atoms with Crippen LogP contribution in [0.25, 0.3) is 10.8 Å². The van der Waals surface area contributed by atoms with Crippen LogP contribution in [-0.2, 0) is 11.0 Å². The molecular formula is C32H32ClF3N2O6. The largest absolute Gasteiger partial charge is 0.487 e. The van der Waals surface area contributed by atoms with Crippen LogP contribution in [0.5, 0.6) is 23.0 Å². The molecule has 0 radical (unpaired) electrons. The van der Waals surface area contributed by atoms with Gasteiger partial charge in [-0.2, -0.15) is 13.2 Å². The van der Waals surface area contributed by atoms with Crippen molar-refractivity contribution in [3.8, 4) is 23.0 Å². The summed E-state index contributed by atoms with van der Waals surface area (Å²) in [7, 11) is 0. The van der Waals surface area contributed by atoms with Gasteiger partial charge in [-0.3, -0.25) is 14.9 Å². The summed E-state index contributed by atoms with van der Waals surface area (Å²) in [6, 6.07) is 20.3. The molecule has 0 aromatic heterocycles. The lowest BCUT2D eigenvalue weighted by atomic mass is 10.1. The van der Waals surface area contributed by atoms with Gasteiger partial charge in [0.25, 0.3) is 5.91 Å². The van der Waals surface area contributed by atoms with Gasteiger partial charge < -0.3 is 19.1 Å². The van der Waals surface area contributed by atoms with E-state index in [4.69, 9.17) is 25.8 Å². The zero-order valence-electron chi connectivity index (χ0n) is 24.6. The van der Waals surface area contributed by atoms with Gasteiger partial charge in [-0.1, -0.05) is 48.0 Å². The number of amides is 1. The lowest BCUT2D eigenvalue weighted by Gasteiger charge is -2.23. The lowest BCUT2D eigenvalue weighted by molar-refractivity contribution is -0.385. The molecule has 0 saturated carbocycles. The van der Waals surface area contributed by atoms with Crippen molar-refractivity contribution in [1.29, 1.82) is 0 Å². The number of carbonyl (C=O) groups is 1. The Hall–Kier alpha value is -4.51. The molecule has 0 fully saturated rings. The number of nitro groups is 1. The number of fused-ring (bicyclic) bond motifs is 1. The van der Waals surface area contributed by atoms with Crippen molar-refractivity contribution in [2.45, 2.75) is 40.0 Å². The van der Waals surface area contributed by atoms with Crippen molar-refractivity contribution in [1.82, 2.24) is 4.90 Å². The standard InChI is InChI=1S/C17H21NO2.C15H11ClF3NO4/c1-4-18(5-2)17(19)13(3)20-16-12-8-10-14-9-6-7-11-15(14)16;1-2-23-14-8-10(4-5-12(14)20(21)22)24-13-6-3-9(7-11(13)16)15(17,18)19/h6-13H,4-5H2,1-3H3;3-8H,2H2,1H3. The van der Waals surface area contributed by atoms with Crippen molar-refractivity contribution in [2.75, 3.05) is 19.7 Å². The summed E-state index contributed by atoms with van der Waals surface area (Å²) in [6.07, 6.45) is -4.99. The molecule has 0 spiro atoms. The quantitative estimate of drug-likeness (QED) is 0.128. The Kier molecular flexibility index (Phi) is 11.8. The highest BCUT2D eigenvalue weighted by molar-refractivity contribution is 6.32. The van der Waals surface area contributed by atoms with E-state index in [-0.39, 0.29) is 40.5 Å². The normalized spacial score (nSPS) is 11.6. The minimum atomic E-state index is -4.52. The molecule has 0 heterocycles. The number of ether oxygens (including phenoxy) is 3. The van der Waals surface area contributed by atoms with Crippen LogP contribution in [0, 0.1) is 10.1 Å². The summed E-state index contributed by atoms with van der Waals surface area (Å²) >= 11 is 5.80. The Bertz CT molecular complexity index is 1590. The summed E-state index contributed by atoms with van der Waals surface area (Å²) in [5.74, 6) is 0.911. The fraction of sp³-hybridized carbons (Fsp3) is 0.281. The van der Waals surface area contributed by atoms with Crippen LogP contribution in [-0.4, -0.2) is 41.5 Å². The van der Waals surface area contributed by atoms with Crippen LogP contribution in [0.15, 0.2) is 78.9 Å². The molecule has 0 aliphatic rings. The van der Waals surface area contributed by atoms with E-state index >= 15 is 0 Å². The van der Waals surface area contributed by atoms with Gasteiger partial charge in [0.05, 0.1) is 22.1 Å². The number of halogens is 4. The van der Waals surface area contributed by atoms with Crippen LogP contribution >= 0.6 is 11.6 Å². The van der Waals surface area contributed by atoms with E-state index in [0.29, 0.717) is 13.1 Å². The summed E-state index contributed by atoms with van der Waals surface area (Å²) in [6.45, 7) is 9.03. The van der Waals surface area contributed by atoms with Gasteiger partial charge in [-0.25, -0.2) is 0 Å². The van der Waals surface area contributed by atoms with Gasteiger partial charge in [0.2, 0.25) is 5.75 Å². The van der Waals surface area contributed by atoms with Crippen LogP contribution in [0.1, 0.15) is 33.3 Å². The van der Waals surface area contributed by atoms with E-state index in [1.807, 2.05) is 63.2 Å². The number of benzene rings is 4. The average molecular weight is 633 g/mol. The van der Waals surface area contributed by atoms with Crippen molar-refractivity contribution in [3.63, 3.8) is 0 Å². The third-order valence-corrected chi connectivity index (χ3v) is 6.69. The number of hydrogen-bond donors (Lipinski definition) is 0. The summed E-state index contributed by atoms with van der Waals surface area (Å²) in [5.41, 5.74) is -1.15. The van der Waals surface area contributed by atoms with Gasteiger partial charge >= 0.3 is 11.9 Å². The van der Waals surface area contributed by atoms with Crippen molar-refractivity contribution in [2.24, 2.45) is 0 Å². The molecular weight excluding hydrogens is 601 g/mol. The molecule has 8 nitrogen and oxygen atoms in total. The molecule has 12 heteroatoms. The van der Waals surface area contributed by atoms with Gasteiger partial charge in [-0.05, 0) is 63.4 Å². The van der Waals surface area contributed by atoms with Crippen molar-refractivity contribution < 1.29 is 37.1 Å². The van der Waals surface area contributed by atoms with E-state index in [9.17, 15) is 28.1 Å². The van der Waals surface area contributed by atoms with E-state index in [1.54, 1.807) is 11.8 Å². The second kappa shape index (κ2) is 15.3. The van der Waals surface area contributed by atoms with Crippen LogP contribution in [0.2, 0.25) is 5.02 Å². The molecule has 0 saturated heterocycles. The first-order valence-electron chi connectivity index (χ1n) is 13.8. The fourth-order valence-electron chi connectivity index (χ4n) is 4.20. The van der Waals surface area contributed by atoms with Gasteiger partial charge in [0.1, 0.15) is 17.2 Å². The lowest BCUT2D eigenvalue weighted by Crippen LogP contribution is -2.40. The topological polar surface area (TPSA) is 91.1 Å². The second-order valence-electron chi connectivity index (χ2n) is 9.31. The van der Waals surface area contributed by atoms with E-state index in [1.165, 1.54) is 18.2 Å². The minimum Gasteiger partial charge on any atom is -0.487 e. The Morgan fingerprint density at radius 3 is 2.23 bits per heavy atom. The first-order valence-corrected chi connectivity index (χ1v) is 14.2. The van der Waals surface area contributed by atoms with E-state index in [0.717, 1.165) is 34.7 Å². The van der Waals surface area contributed by atoms with Crippen LogP contribution in [0.3, 0.4) is 0 Å². The Labute approximate surface area is 258 Å². The maximum absolute atomic E-state index is 12.6. The van der Waals surface area contributed by atoms with Gasteiger partial charge in [-0.15, -0.1) is 0 Å². The van der Waals surface area contributed by atoms with Crippen LogP contribution in [0.4, 0.5) is 18.9 Å². The number of rotatable bonds is 10. The Morgan fingerprint density at radius 1 is 0.932 bits per heavy atom. The third kappa shape index (κ3) is 8.76. The number of nitro benzene ring substituents is 1. The number of hydrogen-bond acceptors (Lipinski definition) is 6. The monoisotopic (exact) mass is 632 g/mol. The molecule has 4 aromatic carbocycles. The summed E-state index contributed by atoms with van der Waals surface area (Å²) in [4.78, 5) is 24.3. The molecule has 0 N–H and O–H groups in total. The fourth-order valence-corrected chi connectivity index (χ4v) is 4.42. The highest BCUT2D eigenvalue weighted by Crippen LogP contribution is 2.38. The van der Waals surface area contributed by atoms with E-state index in [2.05, 4.69) is 0 Å². The predicted octanol–water partition coefficient (Wildman–Crippen LogP) is 8.93. The van der Waals surface area contributed by atoms with Gasteiger partial charge in [0, 0.05) is 30.6 Å². The molecule has 1 amide bonds. The smallest absolute Gasteiger partial charge is 0.416 e. The molecule has 1 unspecified atom stereocenters. The van der Waals surface area contributed by atoms with Crippen LogP contribution < -0.4 is 14.2 Å². The minimum absolute atomic E-state index is 0.0111. The number of carbonyl (C=O) groups excluding carboxylic acids is 1. The molecule has 1 atom stereocenters. The summed E-state index contributed by atoms with van der Waals surface area (Å²) < 4.78 is 54.3. The van der Waals surface area contributed by atoms with Crippen molar-refractivity contribution in [3.05, 3.63) is 99.6 Å². The average Bonchev–Trinajstić information content (AvgIpc) is 2.99. The number of likely N-dealkylation sites (N-methyl/N-ethyl adjacent to an activating group) is 1.